The van der Waals surface area contributed by atoms with E-state index in [1.807, 2.05) is 30.3 Å². The van der Waals surface area contributed by atoms with E-state index >= 15 is 0 Å². The van der Waals surface area contributed by atoms with E-state index < -0.39 is 0 Å². The van der Waals surface area contributed by atoms with E-state index in [0.29, 0.717) is 23.1 Å². The molecular formula is C20H19N3O3S. The molecule has 0 radical (unpaired) electrons. The highest BCUT2D eigenvalue weighted by atomic mass is 32.1. The fourth-order valence-electron chi connectivity index (χ4n) is 3.04. The lowest BCUT2D eigenvalue weighted by atomic mass is 10.2. The van der Waals surface area contributed by atoms with Gasteiger partial charge in [-0.2, -0.15) is 0 Å². The Kier molecular flexibility index (Phi) is 4.77. The van der Waals surface area contributed by atoms with Gasteiger partial charge in [0, 0.05) is 13.0 Å². The molecule has 1 aromatic heterocycles. The molecule has 1 N–H and O–H groups in total. The van der Waals surface area contributed by atoms with Gasteiger partial charge in [-0.1, -0.05) is 36.5 Å². The first-order valence-electron chi connectivity index (χ1n) is 8.85. The van der Waals surface area contributed by atoms with Crippen LogP contribution in [0.15, 0.2) is 42.5 Å². The van der Waals surface area contributed by atoms with Crippen LogP contribution in [0.1, 0.15) is 18.9 Å². The molecule has 6 nitrogen and oxygen atoms in total. The summed E-state index contributed by atoms with van der Waals surface area (Å²) in [4.78, 5) is 30.6. The first-order chi connectivity index (χ1) is 13.1. The number of carbonyl (C=O) groups excluding carboxylic acids is 2. The smallest absolute Gasteiger partial charge is 0.265 e. The summed E-state index contributed by atoms with van der Waals surface area (Å²) in [6, 6.07) is 13.5. The molecule has 0 aliphatic carbocycles. The van der Waals surface area contributed by atoms with Crippen molar-refractivity contribution < 1.29 is 14.3 Å². The third-order valence-electron chi connectivity index (χ3n) is 4.48. The molecule has 1 aliphatic rings. The van der Waals surface area contributed by atoms with Crippen LogP contribution >= 0.6 is 11.3 Å². The van der Waals surface area contributed by atoms with Gasteiger partial charge >= 0.3 is 0 Å². The second-order valence-corrected chi connectivity index (χ2v) is 7.31. The van der Waals surface area contributed by atoms with Gasteiger partial charge in [0.15, 0.2) is 11.7 Å². The zero-order valence-corrected chi connectivity index (χ0v) is 15.7. The van der Waals surface area contributed by atoms with Gasteiger partial charge in [0.25, 0.3) is 5.91 Å². The van der Waals surface area contributed by atoms with E-state index in [0.717, 1.165) is 16.6 Å². The molecule has 27 heavy (non-hydrogen) atoms. The first kappa shape index (κ1) is 17.5. The predicted molar refractivity (Wildman–Crippen MR) is 107 cm³/mol. The number of nitrogens with one attached hydrogen (secondary N) is 1. The minimum Gasteiger partial charge on any atom is -0.482 e. The molecular weight excluding hydrogens is 362 g/mol. The topological polar surface area (TPSA) is 71.5 Å². The van der Waals surface area contributed by atoms with Crippen LogP contribution in [0.3, 0.4) is 0 Å². The summed E-state index contributed by atoms with van der Waals surface area (Å²) in [5.74, 6) is 0.352. The number of anilines is 2. The normalized spacial score (nSPS) is 13.4. The van der Waals surface area contributed by atoms with E-state index in [1.54, 1.807) is 4.90 Å². The maximum Gasteiger partial charge on any atom is 0.265 e. The Balaban J connectivity index is 1.42. The molecule has 7 heteroatoms. The molecule has 2 amide bonds. The third-order valence-corrected chi connectivity index (χ3v) is 5.41. The minimum atomic E-state index is -0.165. The van der Waals surface area contributed by atoms with Crippen molar-refractivity contribution in [1.29, 1.82) is 0 Å². The van der Waals surface area contributed by atoms with E-state index in [-0.39, 0.29) is 24.8 Å². The molecule has 0 saturated carbocycles. The number of nitrogens with zero attached hydrogens (tertiary/aromatic N) is 2. The van der Waals surface area contributed by atoms with Gasteiger partial charge in [0.1, 0.15) is 5.75 Å². The number of aromatic nitrogens is 1. The molecule has 4 rings (SSSR count). The zero-order valence-electron chi connectivity index (χ0n) is 14.9. The van der Waals surface area contributed by atoms with Crippen molar-refractivity contribution in [2.45, 2.75) is 19.8 Å². The molecule has 0 bridgehead atoms. The number of ether oxygens (including phenoxy) is 1. The number of benzene rings is 2. The first-order valence-corrected chi connectivity index (χ1v) is 9.67. The highest BCUT2D eigenvalue weighted by molar-refractivity contribution is 7.22. The number of amides is 2. The van der Waals surface area contributed by atoms with Crippen molar-refractivity contribution in [1.82, 2.24) is 4.98 Å². The molecule has 3 aromatic rings. The summed E-state index contributed by atoms with van der Waals surface area (Å²) in [7, 11) is 0. The molecule has 2 heterocycles. The van der Waals surface area contributed by atoms with E-state index in [1.165, 1.54) is 16.9 Å². The maximum absolute atomic E-state index is 12.4. The lowest BCUT2D eigenvalue weighted by Gasteiger charge is -2.29. The van der Waals surface area contributed by atoms with Gasteiger partial charge < -0.3 is 15.0 Å². The number of fused-ring (bicyclic) bond motifs is 2. The SMILES string of the molecule is CCc1ccc2nc(NC(=O)CCN3C(=O)COc4ccccc43)sc2c1. The van der Waals surface area contributed by atoms with Gasteiger partial charge in [-0.05, 0) is 36.2 Å². The fraction of sp³-hybridized carbons (Fsp3) is 0.250. The van der Waals surface area contributed by atoms with Gasteiger partial charge in [-0.3, -0.25) is 9.59 Å². The van der Waals surface area contributed by atoms with E-state index in [2.05, 4.69) is 29.4 Å². The van der Waals surface area contributed by atoms with E-state index in [9.17, 15) is 9.59 Å². The molecule has 138 valence electrons. The Morgan fingerprint density at radius 2 is 2.15 bits per heavy atom. The highest BCUT2D eigenvalue weighted by Crippen LogP contribution is 2.31. The van der Waals surface area contributed by atoms with Crippen molar-refractivity contribution in [3.8, 4) is 5.75 Å². The molecule has 0 fully saturated rings. The summed E-state index contributed by atoms with van der Waals surface area (Å²) < 4.78 is 6.48. The lowest BCUT2D eigenvalue weighted by Crippen LogP contribution is -2.40. The molecule has 0 atom stereocenters. The van der Waals surface area contributed by atoms with Crippen molar-refractivity contribution in [2.75, 3.05) is 23.4 Å². The number of rotatable bonds is 5. The van der Waals surface area contributed by atoms with Crippen LogP contribution < -0.4 is 15.0 Å². The van der Waals surface area contributed by atoms with Crippen LogP contribution in [0.2, 0.25) is 0 Å². The maximum atomic E-state index is 12.4. The lowest BCUT2D eigenvalue weighted by molar-refractivity contribution is -0.121. The molecule has 0 unspecified atom stereocenters. The summed E-state index contributed by atoms with van der Waals surface area (Å²) in [5.41, 5.74) is 2.83. The van der Waals surface area contributed by atoms with Crippen molar-refractivity contribution >= 4 is 44.2 Å². The molecule has 0 spiro atoms. The molecule has 1 aliphatic heterocycles. The summed E-state index contributed by atoms with van der Waals surface area (Å²) >= 11 is 1.46. The largest absolute Gasteiger partial charge is 0.482 e. The summed E-state index contributed by atoms with van der Waals surface area (Å²) in [6.07, 6.45) is 1.15. The number of aryl methyl sites for hydroxylation is 1. The van der Waals surface area contributed by atoms with E-state index in [4.69, 9.17) is 4.74 Å². The van der Waals surface area contributed by atoms with Crippen LogP contribution in [-0.2, 0) is 16.0 Å². The summed E-state index contributed by atoms with van der Waals surface area (Å²) in [5, 5.41) is 3.43. The Hall–Kier alpha value is -2.93. The van der Waals surface area contributed by atoms with Crippen LogP contribution in [0.25, 0.3) is 10.2 Å². The molecule has 0 saturated heterocycles. The number of carbonyl (C=O) groups is 2. The number of para-hydroxylation sites is 2. The standard InChI is InChI=1S/C20H19N3O3S/c1-2-13-7-8-14-17(11-13)27-20(21-14)22-18(24)9-10-23-15-5-3-4-6-16(15)26-12-19(23)25/h3-8,11H,2,9-10,12H2,1H3,(H,21,22,24). The van der Waals surface area contributed by atoms with Gasteiger partial charge in [0.05, 0.1) is 15.9 Å². The van der Waals surface area contributed by atoms with Crippen LogP contribution in [-0.4, -0.2) is 29.9 Å². The van der Waals surface area contributed by atoms with Crippen molar-refractivity contribution in [2.24, 2.45) is 0 Å². The van der Waals surface area contributed by atoms with Crippen LogP contribution in [0.5, 0.6) is 5.75 Å². The Bertz CT molecular complexity index is 1010. The van der Waals surface area contributed by atoms with Gasteiger partial charge in [-0.15, -0.1) is 0 Å². The highest BCUT2D eigenvalue weighted by Gasteiger charge is 2.25. The predicted octanol–water partition coefficient (Wildman–Crippen LogP) is 3.61. The minimum absolute atomic E-state index is 0.00371. The van der Waals surface area contributed by atoms with Crippen molar-refractivity contribution in [3.63, 3.8) is 0 Å². The zero-order chi connectivity index (χ0) is 18.8. The second kappa shape index (κ2) is 7.36. The van der Waals surface area contributed by atoms with Crippen molar-refractivity contribution in [3.05, 3.63) is 48.0 Å². The second-order valence-electron chi connectivity index (χ2n) is 6.27. The number of hydrogen-bond donors (Lipinski definition) is 1. The molecule has 2 aromatic carbocycles. The monoisotopic (exact) mass is 381 g/mol. The number of thiazole rings is 1. The summed E-state index contributed by atoms with van der Waals surface area (Å²) in [6.45, 7) is 2.40. The van der Waals surface area contributed by atoms with Crippen LogP contribution in [0.4, 0.5) is 10.8 Å². The average Bonchev–Trinajstić information content (AvgIpc) is 3.08. The average molecular weight is 381 g/mol. The Labute approximate surface area is 160 Å². The number of hydrogen-bond acceptors (Lipinski definition) is 5. The third kappa shape index (κ3) is 3.64. The van der Waals surface area contributed by atoms with Crippen LogP contribution in [0, 0.1) is 0 Å². The van der Waals surface area contributed by atoms with Gasteiger partial charge in [-0.25, -0.2) is 4.98 Å². The quantitative estimate of drug-likeness (QED) is 0.733. The fourth-order valence-corrected chi connectivity index (χ4v) is 3.98. The van der Waals surface area contributed by atoms with Gasteiger partial charge in [0.2, 0.25) is 5.91 Å². The Morgan fingerprint density at radius 3 is 3.00 bits per heavy atom. The Morgan fingerprint density at radius 1 is 1.30 bits per heavy atom.